The molecule has 1 N–H and O–H groups in total. The number of carbonyl (C=O) groups is 1. The monoisotopic (exact) mass is 289 g/mol. The van der Waals surface area contributed by atoms with Crippen molar-refractivity contribution in [2.75, 3.05) is 32.8 Å². The predicted molar refractivity (Wildman–Crippen MR) is 69.2 cm³/mol. The van der Waals surface area contributed by atoms with Gasteiger partial charge in [-0.2, -0.15) is 0 Å². The van der Waals surface area contributed by atoms with Gasteiger partial charge in [0.1, 0.15) is 19.6 Å². The third-order valence-electron chi connectivity index (χ3n) is 3.34. The van der Waals surface area contributed by atoms with Crippen LogP contribution in [-0.4, -0.2) is 44.4 Å². The lowest BCUT2D eigenvalue weighted by Gasteiger charge is -2.25. The lowest BCUT2D eigenvalue weighted by atomic mass is 9.98. The number of nitrogens with one attached hydrogen (secondary N) is 1. The van der Waals surface area contributed by atoms with Crippen molar-refractivity contribution in [3.8, 4) is 11.8 Å². The average Bonchev–Trinajstić information content (AvgIpc) is 2.38. The topological polar surface area (TPSA) is 40.0 Å². The predicted octanol–water partition coefficient (Wildman–Crippen LogP) is -2.97. The normalized spacial score (nSPS) is 15.9. The largest absolute Gasteiger partial charge is 1.00 e. The van der Waals surface area contributed by atoms with Gasteiger partial charge in [-0.1, -0.05) is 13.8 Å². The van der Waals surface area contributed by atoms with E-state index in [1.54, 1.807) is 0 Å². The molecule has 1 fully saturated rings. The second-order valence-electron chi connectivity index (χ2n) is 4.64. The van der Waals surface area contributed by atoms with Crippen LogP contribution in [0, 0.1) is 11.8 Å². The number of esters is 1. The fourth-order valence-electron chi connectivity index (χ4n) is 2.04. The van der Waals surface area contributed by atoms with E-state index in [2.05, 4.69) is 11.8 Å². The number of ether oxygens (including phenoxy) is 2. The molecule has 5 heteroatoms. The van der Waals surface area contributed by atoms with Crippen LogP contribution in [0.15, 0.2) is 0 Å². The number of morpholine rings is 1. The molecule has 0 unspecified atom stereocenters. The molecule has 0 aromatic carbocycles. The van der Waals surface area contributed by atoms with Crippen LogP contribution in [-0.2, 0) is 14.3 Å². The van der Waals surface area contributed by atoms with Crippen LogP contribution in [0.1, 0.15) is 33.6 Å². The summed E-state index contributed by atoms with van der Waals surface area (Å²) >= 11 is 0. The third kappa shape index (κ3) is 6.29. The number of carbonyl (C=O) groups excluding carboxylic acids is 1. The number of hydrogen-bond acceptors (Lipinski definition) is 3. The van der Waals surface area contributed by atoms with Gasteiger partial charge < -0.3 is 26.8 Å². The number of rotatable bonds is 4. The molecule has 0 bridgehead atoms. The molecule has 0 aliphatic carbocycles. The molecule has 1 rings (SSSR count). The first kappa shape index (κ1) is 18.2. The molecule has 1 aliphatic rings. The molecular weight excluding hydrogens is 266 g/mol. The second-order valence-corrected chi connectivity index (χ2v) is 4.64. The zero-order chi connectivity index (χ0) is 13.4. The quantitative estimate of drug-likeness (QED) is 0.444. The Morgan fingerprint density at radius 1 is 1.32 bits per heavy atom. The highest BCUT2D eigenvalue weighted by atomic mass is 35.5. The minimum absolute atomic E-state index is 0. The van der Waals surface area contributed by atoms with E-state index >= 15 is 0 Å². The Hall–Kier alpha value is -0.760. The van der Waals surface area contributed by atoms with Gasteiger partial charge in [-0.15, -0.1) is 0 Å². The van der Waals surface area contributed by atoms with Crippen LogP contribution in [0.5, 0.6) is 0 Å². The number of quaternary nitrogens is 1. The summed E-state index contributed by atoms with van der Waals surface area (Å²) in [5, 5.41) is 0. The van der Waals surface area contributed by atoms with Gasteiger partial charge >= 0.3 is 5.97 Å². The summed E-state index contributed by atoms with van der Waals surface area (Å²) in [5.41, 5.74) is -0.600. The number of hydrogen-bond donors (Lipinski definition) is 1. The van der Waals surface area contributed by atoms with E-state index in [0.717, 1.165) is 45.7 Å². The van der Waals surface area contributed by atoms with Crippen LogP contribution in [0.2, 0.25) is 0 Å². The molecular formula is C14H24ClNO3. The summed E-state index contributed by atoms with van der Waals surface area (Å²) in [4.78, 5) is 12.6. The highest BCUT2D eigenvalue weighted by Crippen LogP contribution is 2.19. The van der Waals surface area contributed by atoms with Crippen LogP contribution < -0.4 is 17.3 Å². The summed E-state index contributed by atoms with van der Waals surface area (Å²) in [6.45, 7) is 9.88. The van der Waals surface area contributed by atoms with Gasteiger partial charge in [-0.25, -0.2) is 0 Å². The third-order valence-corrected chi connectivity index (χ3v) is 3.34. The van der Waals surface area contributed by atoms with Crippen molar-refractivity contribution in [1.29, 1.82) is 0 Å². The van der Waals surface area contributed by atoms with Gasteiger partial charge in [-0.05, 0) is 24.7 Å². The van der Waals surface area contributed by atoms with Crippen molar-refractivity contribution in [3.63, 3.8) is 0 Å². The average molecular weight is 290 g/mol. The molecule has 4 nitrogen and oxygen atoms in total. The maximum absolute atomic E-state index is 11.1. The smallest absolute Gasteiger partial charge is 0.304 e. The Bertz CT molecular complexity index is 325. The Morgan fingerprint density at radius 2 is 1.89 bits per heavy atom. The Balaban J connectivity index is 0.00000324. The summed E-state index contributed by atoms with van der Waals surface area (Å²) in [5.74, 6) is 6.08. The molecule has 1 aliphatic heterocycles. The van der Waals surface area contributed by atoms with Gasteiger partial charge in [0, 0.05) is 6.92 Å². The Kier molecular flexibility index (Phi) is 8.82. The highest BCUT2D eigenvalue weighted by molar-refractivity contribution is 5.67. The van der Waals surface area contributed by atoms with E-state index in [0.29, 0.717) is 0 Å². The molecule has 0 amide bonds. The van der Waals surface area contributed by atoms with E-state index < -0.39 is 5.60 Å². The fraction of sp³-hybridized carbons (Fsp3) is 0.786. The van der Waals surface area contributed by atoms with Gasteiger partial charge in [0.25, 0.3) is 0 Å². The van der Waals surface area contributed by atoms with E-state index in [1.165, 1.54) is 11.8 Å². The lowest BCUT2D eigenvalue weighted by molar-refractivity contribution is -0.900. The van der Waals surface area contributed by atoms with Crippen molar-refractivity contribution in [2.24, 2.45) is 0 Å². The van der Waals surface area contributed by atoms with Gasteiger partial charge in [0.15, 0.2) is 5.60 Å². The summed E-state index contributed by atoms with van der Waals surface area (Å²) in [6, 6.07) is 0. The summed E-state index contributed by atoms with van der Waals surface area (Å²) in [6.07, 6.45) is 1.46. The zero-order valence-corrected chi connectivity index (χ0v) is 12.8. The van der Waals surface area contributed by atoms with Gasteiger partial charge in [0.2, 0.25) is 0 Å². The number of halogens is 1. The standard InChI is InChI=1S/C14H23NO3.ClH/c1-4-14(5-2,18-13(3)16)7-6-8-15-9-11-17-12-10-15;/h4-5,8-12H2,1-3H3;1H. The van der Waals surface area contributed by atoms with Crippen molar-refractivity contribution in [3.05, 3.63) is 0 Å². The molecule has 0 spiro atoms. The molecule has 19 heavy (non-hydrogen) atoms. The minimum Gasteiger partial charge on any atom is -1.00 e. The minimum atomic E-state index is -0.600. The molecule has 0 aromatic rings. The molecule has 0 atom stereocenters. The maximum atomic E-state index is 11.1. The van der Waals surface area contributed by atoms with E-state index in [4.69, 9.17) is 9.47 Å². The first-order valence-corrected chi connectivity index (χ1v) is 6.73. The first-order chi connectivity index (χ1) is 8.62. The molecule has 1 heterocycles. The summed E-state index contributed by atoms with van der Waals surface area (Å²) < 4.78 is 10.7. The van der Waals surface area contributed by atoms with Crippen LogP contribution >= 0.6 is 0 Å². The molecule has 0 aromatic heterocycles. The van der Waals surface area contributed by atoms with Crippen molar-refractivity contribution < 1.29 is 31.6 Å². The van der Waals surface area contributed by atoms with Crippen LogP contribution in [0.25, 0.3) is 0 Å². The zero-order valence-electron chi connectivity index (χ0n) is 12.1. The van der Waals surface area contributed by atoms with Crippen molar-refractivity contribution in [1.82, 2.24) is 0 Å². The van der Waals surface area contributed by atoms with E-state index in [-0.39, 0.29) is 18.4 Å². The van der Waals surface area contributed by atoms with Gasteiger partial charge in [0.05, 0.1) is 13.2 Å². The van der Waals surface area contributed by atoms with Crippen molar-refractivity contribution in [2.45, 2.75) is 39.2 Å². The van der Waals surface area contributed by atoms with Crippen LogP contribution in [0.3, 0.4) is 0 Å². The maximum Gasteiger partial charge on any atom is 0.304 e. The van der Waals surface area contributed by atoms with Crippen molar-refractivity contribution >= 4 is 5.97 Å². The first-order valence-electron chi connectivity index (χ1n) is 6.73. The molecule has 1 saturated heterocycles. The Morgan fingerprint density at radius 3 is 2.37 bits per heavy atom. The molecule has 0 saturated carbocycles. The SMILES string of the molecule is CCC(C#CC[NH+]1CCOCC1)(CC)OC(C)=O.[Cl-]. The highest BCUT2D eigenvalue weighted by Gasteiger charge is 2.27. The fourth-order valence-corrected chi connectivity index (χ4v) is 2.04. The van der Waals surface area contributed by atoms with E-state index in [9.17, 15) is 4.79 Å². The van der Waals surface area contributed by atoms with E-state index in [1.807, 2.05) is 13.8 Å². The molecule has 0 radical (unpaired) electrons. The second kappa shape index (κ2) is 9.19. The lowest BCUT2D eigenvalue weighted by Crippen LogP contribution is -3.14. The molecule has 110 valence electrons. The Labute approximate surface area is 122 Å². The van der Waals surface area contributed by atoms with Gasteiger partial charge in [-0.3, -0.25) is 4.79 Å². The summed E-state index contributed by atoms with van der Waals surface area (Å²) in [7, 11) is 0. The van der Waals surface area contributed by atoms with Crippen LogP contribution in [0.4, 0.5) is 0 Å².